The Morgan fingerprint density at radius 1 is 0.912 bits per heavy atom. The fraction of sp³-hybridized carbons (Fsp3) is 0.700. The summed E-state index contributed by atoms with van der Waals surface area (Å²) >= 11 is 0.627. The zero-order chi connectivity index (χ0) is 26.7. The second-order valence-electron chi connectivity index (χ2n) is 9.15. The number of hydrogen-bond acceptors (Lipinski definition) is 9. The van der Waals surface area contributed by atoms with Gasteiger partial charge in [-0.3, -0.25) is 19.2 Å². The highest BCUT2D eigenvalue weighted by Gasteiger charge is 2.27. The summed E-state index contributed by atoms with van der Waals surface area (Å²) in [7, 11) is 0. The average molecular weight is 507 g/mol. The van der Waals surface area contributed by atoms with Crippen LogP contribution in [-0.2, 0) is 28.7 Å². The number of carboxylic acids is 1. The largest absolute Gasteiger partial charge is 0.480 e. The molecule has 4 amide bonds. The minimum absolute atomic E-state index is 0.191. The number of rotatable bonds is 11. The second-order valence-corrected chi connectivity index (χ2v) is 10.1. The molecule has 0 aliphatic rings. The van der Waals surface area contributed by atoms with E-state index in [0.717, 1.165) is 0 Å². The standard InChI is InChI=1S/C20H34N4O9S/c1-19(2,3)32-17(30)24-11(15(21)28)7-8-13(25)23-12(16(29)22-9-14(26)27)10-34-18(31)33-20(4,5)6/h11-12H,7-10H2,1-6H3,(H2,21,28)(H,22,29)(H,23,25)(H,24,30)(H,26,27). The van der Waals surface area contributed by atoms with Crippen LogP contribution in [0.1, 0.15) is 54.4 Å². The molecule has 0 saturated heterocycles. The summed E-state index contributed by atoms with van der Waals surface area (Å²) < 4.78 is 10.2. The monoisotopic (exact) mass is 506 g/mol. The van der Waals surface area contributed by atoms with Crippen molar-refractivity contribution in [2.75, 3.05) is 12.3 Å². The van der Waals surface area contributed by atoms with Gasteiger partial charge in [0.1, 0.15) is 29.8 Å². The lowest BCUT2D eigenvalue weighted by Crippen LogP contribution is -2.50. The SMILES string of the molecule is CC(C)(C)OC(=O)NC(CCC(=O)NC(CSC(=O)OC(C)(C)C)C(=O)NCC(=O)O)C(N)=O. The Morgan fingerprint density at radius 2 is 1.47 bits per heavy atom. The number of nitrogens with one attached hydrogen (secondary N) is 3. The Balaban J connectivity index is 5.06. The van der Waals surface area contributed by atoms with E-state index in [4.69, 9.17) is 20.3 Å². The van der Waals surface area contributed by atoms with E-state index in [-0.39, 0.29) is 18.6 Å². The molecule has 194 valence electrons. The van der Waals surface area contributed by atoms with Crippen LogP contribution in [0.3, 0.4) is 0 Å². The Labute approximate surface area is 202 Å². The van der Waals surface area contributed by atoms with E-state index < -0.39 is 64.9 Å². The molecule has 0 fully saturated rings. The molecule has 0 saturated carbocycles. The topological polar surface area (TPSA) is 203 Å². The van der Waals surface area contributed by atoms with Crippen LogP contribution in [0, 0.1) is 0 Å². The number of thioether (sulfide) groups is 1. The van der Waals surface area contributed by atoms with Crippen LogP contribution in [0.15, 0.2) is 0 Å². The summed E-state index contributed by atoms with van der Waals surface area (Å²) in [6.45, 7) is 9.17. The van der Waals surface area contributed by atoms with E-state index in [1.807, 2.05) is 0 Å². The third-order valence-electron chi connectivity index (χ3n) is 3.52. The Bertz CT molecular complexity index is 775. The maximum Gasteiger partial charge on any atom is 0.408 e. The van der Waals surface area contributed by atoms with Crippen LogP contribution in [0.5, 0.6) is 0 Å². The predicted octanol–water partition coefficient (Wildman–Crippen LogP) is 0.499. The minimum atomic E-state index is -1.30. The molecular weight excluding hydrogens is 472 g/mol. The van der Waals surface area contributed by atoms with Crippen molar-refractivity contribution >= 4 is 46.8 Å². The lowest BCUT2D eigenvalue weighted by Gasteiger charge is -2.23. The van der Waals surface area contributed by atoms with Gasteiger partial charge in [0.05, 0.1) is 0 Å². The summed E-state index contributed by atoms with van der Waals surface area (Å²) in [5, 5.41) is 14.8. The molecule has 14 heteroatoms. The van der Waals surface area contributed by atoms with Crippen molar-refractivity contribution in [3.05, 3.63) is 0 Å². The van der Waals surface area contributed by atoms with Gasteiger partial charge >= 0.3 is 17.4 Å². The summed E-state index contributed by atoms with van der Waals surface area (Å²) in [4.78, 5) is 70.8. The van der Waals surface area contributed by atoms with Crippen LogP contribution in [0.2, 0.25) is 0 Å². The van der Waals surface area contributed by atoms with Crippen molar-refractivity contribution in [2.45, 2.75) is 77.7 Å². The number of ether oxygens (including phenoxy) is 2. The molecule has 13 nitrogen and oxygen atoms in total. The van der Waals surface area contributed by atoms with E-state index in [1.54, 1.807) is 41.5 Å². The molecule has 0 spiro atoms. The van der Waals surface area contributed by atoms with Gasteiger partial charge in [0, 0.05) is 12.2 Å². The van der Waals surface area contributed by atoms with E-state index in [1.165, 1.54) is 0 Å². The van der Waals surface area contributed by atoms with E-state index >= 15 is 0 Å². The van der Waals surface area contributed by atoms with Gasteiger partial charge in [0.25, 0.3) is 0 Å². The molecule has 0 aromatic carbocycles. The van der Waals surface area contributed by atoms with Crippen molar-refractivity contribution in [2.24, 2.45) is 5.73 Å². The first kappa shape index (κ1) is 31.0. The lowest BCUT2D eigenvalue weighted by molar-refractivity contribution is -0.138. The van der Waals surface area contributed by atoms with Gasteiger partial charge in [-0.05, 0) is 59.7 Å². The summed E-state index contributed by atoms with van der Waals surface area (Å²) in [6, 6.07) is -2.48. The Morgan fingerprint density at radius 3 is 1.94 bits per heavy atom. The lowest BCUT2D eigenvalue weighted by atomic mass is 10.1. The van der Waals surface area contributed by atoms with Gasteiger partial charge in [-0.2, -0.15) is 0 Å². The Hall–Kier alpha value is -3.03. The number of hydrogen-bond donors (Lipinski definition) is 5. The van der Waals surface area contributed by atoms with Crippen LogP contribution < -0.4 is 21.7 Å². The van der Waals surface area contributed by atoms with Crippen LogP contribution in [-0.4, -0.2) is 75.8 Å². The van der Waals surface area contributed by atoms with E-state index in [0.29, 0.717) is 11.8 Å². The number of carbonyl (C=O) groups is 6. The number of amides is 4. The van der Waals surface area contributed by atoms with Gasteiger partial charge in [0.2, 0.25) is 17.7 Å². The molecule has 0 radical (unpaired) electrons. The predicted molar refractivity (Wildman–Crippen MR) is 123 cm³/mol. The normalized spacial score (nSPS) is 13.1. The molecule has 34 heavy (non-hydrogen) atoms. The molecule has 0 aromatic heterocycles. The smallest absolute Gasteiger partial charge is 0.408 e. The molecule has 0 bridgehead atoms. The number of primary amides is 1. The van der Waals surface area contributed by atoms with Crippen LogP contribution >= 0.6 is 11.8 Å². The van der Waals surface area contributed by atoms with Crippen molar-refractivity contribution in [1.29, 1.82) is 0 Å². The van der Waals surface area contributed by atoms with E-state index in [2.05, 4.69) is 16.0 Å². The number of carboxylic acid groups (broad SMARTS) is 1. The van der Waals surface area contributed by atoms with Gasteiger partial charge < -0.3 is 36.3 Å². The highest BCUT2D eigenvalue weighted by molar-refractivity contribution is 8.13. The molecule has 6 N–H and O–H groups in total. The van der Waals surface area contributed by atoms with Crippen molar-refractivity contribution < 1.29 is 43.3 Å². The third-order valence-corrected chi connectivity index (χ3v) is 4.34. The highest BCUT2D eigenvalue weighted by Crippen LogP contribution is 2.16. The molecule has 0 aliphatic carbocycles. The number of aliphatic carboxylic acids is 1. The molecule has 0 rings (SSSR count). The number of carbonyl (C=O) groups excluding carboxylic acids is 5. The number of nitrogens with two attached hydrogens (primary N) is 1. The van der Waals surface area contributed by atoms with E-state index in [9.17, 15) is 28.8 Å². The average Bonchev–Trinajstić information content (AvgIpc) is 2.63. The third kappa shape index (κ3) is 15.7. The Kier molecular flexibility index (Phi) is 12.4. The first-order chi connectivity index (χ1) is 15.4. The van der Waals surface area contributed by atoms with Gasteiger partial charge in [-0.15, -0.1) is 0 Å². The molecule has 0 aromatic rings. The van der Waals surface area contributed by atoms with Crippen molar-refractivity contribution in [1.82, 2.24) is 16.0 Å². The van der Waals surface area contributed by atoms with Gasteiger partial charge in [-0.25, -0.2) is 9.59 Å². The fourth-order valence-electron chi connectivity index (χ4n) is 2.18. The molecule has 2 atom stereocenters. The molecular formula is C20H34N4O9S. The quantitative estimate of drug-likeness (QED) is 0.245. The van der Waals surface area contributed by atoms with Gasteiger partial charge in [-0.1, -0.05) is 0 Å². The highest BCUT2D eigenvalue weighted by atomic mass is 32.2. The van der Waals surface area contributed by atoms with Crippen molar-refractivity contribution in [3.8, 4) is 0 Å². The summed E-state index contributed by atoms with van der Waals surface area (Å²) in [5.74, 6) is -3.95. The summed E-state index contributed by atoms with van der Waals surface area (Å²) in [5.41, 5.74) is 3.69. The van der Waals surface area contributed by atoms with Crippen LogP contribution in [0.4, 0.5) is 9.59 Å². The maximum atomic E-state index is 12.4. The van der Waals surface area contributed by atoms with Crippen LogP contribution in [0.25, 0.3) is 0 Å². The molecule has 0 heterocycles. The first-order valence-electron chi connectivity index (χ1n) is 10.3. The van der Waals surface area contributed by atoms with Gasteiger partial charge in [0.15, 0.2) is 0 Å². The second kappa shape index (κ2) is 13.6. The van der Waals surface area contributed by atoms with Crippen molar-refractivity contribution in [3.63, 3.8) is 0 Å². The zero-order valence-electron chi connectivity index (χ0n) is 20.2. The maximum absolute atomic E-state index is 12.4. The molecule has 0 aliphatic heterocycles. The number of alkyl carbamates (subject to hydrolysis) is 1. The molecule has 2 unspecified atom stereocenters. The first-order valence-corrected chi connectivity index (χ1v) is 11.3. The zero-order valence-corrected chi connectivity index (χ0v) is 21.0. The summed E-state index contributed by atoms with van der Waals surface area (Å²) in [6.07, 6.45) is -1.40. The minimum Gasteiger partial charge on any atom is -0.480 e. The fourth-order valence-corrected chi connectivity index (χ4v) is 3.02.